The van der Waals surface area contributed by atoms with Crippen LogP contribution in [-0.4, -0.2) is 0 Å². The first-order chi connectivity index (χ1) is 63.0. The number of halogens is 4. The summed E-state index contributed by atoms with van der Waals surface area (Å²) < 4.78 is 0. The first-order valence-corrected chi connectivity index (χ1v) is 67.0. The fourth-order valence-electron chi connectivity index (χ4n) is 30.1. The van der Waals surface area contributed by atoms with E-state index in [1.807, 2.05) is 0 Å². The Hall–Kier alpha value is -2.79. The summed E-state index contributed by atoms with van der Waals surface area (Å²) in [4.78, 5) is 0. The van der Waals surface area contributed by atoms with E-state index in [0.717, 1.165) is 11.8 Å². The standard InChI is InChI=1S/C62H86.C60H82.2C3H8.2CH4.4CH3.4ClH.2Zr/c1-57(2,3)43-27-31-47-51(35-43)52-36-44(58(4,5)6)28-32-48(52)55(47)61(13,39-19-15-16-20-39)41-23-25-42(26-24-41)62(14,40-21-17-18-22-40)56-49-33-29-45(59(7,8)9)37-53(49)54-38-46(60(10,11)12)30-34-50(54)56;1-57(2,3)41-25-29-45-49(33-41)50-34-42(58(4,5)6)26-30-46(50)55(45)53(37-17-13-14-18-37)39-21-23-40(24-22-39)54(38-19-15-16-20-38)56-47-31-27-43(59(7,8)9)35-51(47)52-36-44(60(10,11)12)28-32-48(52)56;2*1-3-2;;;;;;;;;;;;/h23-40,47-56H,15-22H2,1-14H3;21-38,45-56H,13-20H2,1-12H3;2*3H2,1-2H3;2*1H4;4*1H3;4*1H;;/q;;;;;;4*-1;;;;;2*+4/p-4. The Morgan fingerprint density at radius 3 is 0.557 bits per heavy atom. The van der Waals surface area contributed by atoms with Crippen molar-refractivity contribution in [1.82, 2.24) is 0 Å². The fraction of sp³-hybridized carbons (Fsp3) is 0.642. The topological polar surface area (TPSA) is 0 Å². The maximum absolute atomic E-state index is 4.93. The molecule has 8 fully saturated rings. The second-order valence-electron chi connectivity index (χ2n) is 53.8. The molecule has 2 aromatic rings. The van der Waals surface area contributed by atoms with Crippen molar-refractivity contribution in [2.24, 2.45) is 185 Å². The van der Waals surface area contributed by atoms with E-state index in [4.69, 9.17) is 34.1 Å². The molecule has 140 heavy (non-hydrogen) atoms. The van der Waals surface area contributed by atoms with E-state index in [2.05, 4.69) is 402 Å². The molecular formula is C134H204Cl4Zr2. The maximum atomic E-state index is 4.93. The van der Waals surface area contributed by atoms with Gasteiger partial charge in [-0.15, -0.1) is 0 Å². The van der Waals surface area contributed by atoms with Gasteiger partial charge in [-0.1, -0.05) is 481 Å². The molecule has 0 aliphatic heterocycles. The zero-order chi connectivity index (χ0) is 97.7. The van der Waals surface area contributed by atoms with Gasteiger partial charge in [0.15, 0.2) is 0 Å². The zero-order valence-corrected chi connectivity index (χ0v) is 102. The molecule has 16 aliphatic carbocycles. The molecule has 0 bridgehead atoms. The van der Waals surface area contributed by atoms with Gasteiger partial charge in [-0.2, -0.15) is 0 Å². The van der Waals surface area contributed by atoms with Crippen LogP contribution in [0, 0.1) is 215 Å². The van der Waals surface area contributed by atoms with E-state index in [0.29, 0.717) is 142 Å². The zero-order valence-electron chi connectivity index (χ0n) is 93.7. The minimum atomic E-state index is -0.826. The fourth-order valence-corrected chi connectivity index (χ4v) is 30.1. The van der Waals surface area contributed by atoms with Crippen molar-refractivity contribution < 1.29 is 41.7 Å². The molecule has 0 aromatic heterocycles. The Balaban J connectivity index is 0.000000330. The normalized spacial score (nSPS) is 31.3. The number of rotatable bonds is 12. The van der Waals surface area contributed by atoms with Gasteiger partial charge in [-0.25, -0.2) is 0 Å². The van der Waals surface area contributed by atoms with Crippen molar-refractivity contribution in [3.63, 3.8) is 0 Å². The van der Waals surface area contributed by atoms with Gasteiger partial charge in [0, 0.05) is 0 Å². The van der Waals surface area contributed by atoms with Gasteiger partial charge in [0.2, 0.25) is 0 Å². The summed E-state index contributed by atoms with van der Waals surface area (Å²) in [6, 6.07) is 21.6. The minimum absolute atomic E-state index is 0. The quantitative estimate of drug-likeness (QED) is 0.186. The van der Waals surface area contributed by atoms with Gasteiger partial charge in [0.1, 0.15) is 0 Å². The number of hydrogen-bond donors (Lipinski definition) is 0. The molecule has 6 heteroatoms. The third-order valence-electron chi connectivity index (χ3n) is 36.9. The predicted molar refractivity (Wildman–Crippen MR) is 619 cm³/mol. The van der Waals surface area contributed by atoms with Crippen molar-refractivity contribution in [1.29, 1.82) is 0 Å². The Morgan fingerprint density at radius 1 is 0.243 bits per heavy atom. The van der Waals surface area contributed by atoms with E-state index in [-0.39, 0.29) is 98.7 Å². The number of benzene rings is 2. The average Bonchev–Trinajstić information content (AvgIpc) is 1.59. The van der Waals surface area contributed by atoms with Crippen LogP contribution >= 0.6 is 34.1 Å². The van der Waals surface area contributed by atoms with Crippen LogP contribution in [0.4, 0.5) is 0 Å². The molecule has 2 aromatic carbocycles. The van der Waals surface area contributed by atoms with Crippen LogP contribution in [0.2, 0.25) is 0 Å². The molecule has 0 amide bonds. The molecule has 20 unspecified atom stereocenters. The summed E-state index contributed by atoms with van der Waals surface area (Å²) in [5, 5.41) is 0. The summed E-state index contributed by atoms with van der Waals surface area (Å²) in [5.74, 6) is 15.6. The van der Waals surface area contributed by atoms with Crippen LogP contribution in [0.25, 0.3) is 0 Å². The van der Waals surface area contributed by atoms with Crippen molar-refractivity contribution in [2.75, 3.05) is 0 Å². The van der Waals surface area contributed by atoms with E-state index in [1.165, 1.54) is 160 Å². The summed E-state index contributed by atoms with van der Waals surface area (Å²) in [7, 11) is 19.7. The van der Waals surface area contributed by atoms with Crippen LogP contribution in [0.3, 0.4) is 0 Å². The molecule has 0 N–H and O–H groups in total. The van der Waals surface area contributed by atoms with Crippen LogP contribution in [0.1, 0.15) is 372 Å². The van der Waals surface area contributed by atoms with E-state index < -0.39 is 41.7 Å². The van der Waals surface area contributed by atoms with Crippen LogP contribution in [0.5, 0.6) is 0 Å². The molecule has 0 saturated heterocycles. The van der Waals surface area contributed by atoms with Crippen molar-refractivity contribution in [3.05, 3.63) is 291 Å². The molecule has 0 spiro atoms. The first kappa shape index (κ1) is 124. The Bertz CT molecular complexity index is 4320. The summed E-state index contributed by atoms with van der Waals surface area (Å²) >= 11 is -1.65. The SMILES string of the molecule is C.C.CC(C)(C)C1=CC2C3C=C(C(C)(C)C)C=CC3C(C(C)(c3ccc(C(C)(C4CCCC4)C4C5C=CC(C(C)(C)C)=CC5C5C=C(C(C)(C)C)C=CC54)cc3)C3CCCC3)C2C=C1.CC(C)(C)C1=CC2C3C=C(C(C)(C)C)C=CC3C(C(c3ccc(C(C4CCCC4)C4C5C=CC(C(C)(C)C)=CC5C5C=C(C(C)(C)C)C=CC54)cc3)C3CCCC3)C2C=C1.CCC.CCC.[CH3-].[CH3-].[CH3-].[CH3-].[Cl][Zr+2][Cl].[Cl][Zr+2][Cl]. The van der Waals surface area contributed by atoms with Crippen molar-refractivity contribution in [3.8, 4) is 0 Å². The molecule has 16 aliphatic rings. The van der Waals surface area contributed by atoms with Crippen molar-refractivity contribution in [2.45, 2.75) is 361 Å². The van der Waals surface area contributed by atoms with Crippen LogP contribution in [0.15, 0.2) is 239 Å². The van der Waals surface area contributed by atoms with Crippen LogP contribution in [-0.2, 0) is 52.5 Å². The van der Waals surface area contributed by atoms with Gasteiger partial charge in [-0.05, 0) is 326 Å². The van der Waals surface area contributed by atoms with E-state index >= 15 is 0 Å². The molecule has 0 nitrogen and oxygen atoms in total. The van der Waals surface area contributed by atoms with Crippen LogP contribution < -0.4 is 0 Å². The third kappa shape index (κ3) is 26.1. The summed E-state index contributed by atoms with van der Waals surface area (Å²) in [5.41, 5.74) is 20.3. The van der Waals surface area contributed by atoms with Gasteiger partial charge >= 0.3 is 75.7 Å². The van der Waals surface area contributed by atoms with Crippen molar-refractivity contribution >= 4 is 34.1 Å². The molecular weight excluding hydrogens is 1930 g/mol. The van der Waals surface area contributed by atoms with Gasteiger partial charge in [0.05, 0.1) is 0 Å². The number of hydrogen-bond acceptors (Lipinski definition) is 0. The molecule has 8 saturated carbocycles. The molecule has 20 atom stereocenters. The second kappa shape index (κ2) is 50.0. The first-order valence-electron chi connectivity index (χ1n) is 54.3. The second-order valence-corrected chi connectivity index (χ2v) is 61.2. The molecule has 0 radical (unpaired) electrons. The van der Waals surface area contributed by atoms with Gasteiger partial charge in [-0.3, -0.25) is 0 Å². The summed E-state index contributed by atoms with van der Waals surface area (Å²) in [6.45, 7) is 71.9. The predicted octanol–water partition coefficient (Wildman–Crippen LogP) is 42.2. The average molecular weight is 2140 g/mol. The Morgan fingerprint density at radius 2 is 0.393 bits per heavy atom. The Labute approximate surface area is 904 Å². The molecule has 0 heterocycles. The van der Waals surface area contributed by atoms with E-state index in [1.54, 1.807) is 22.3 Å². The molecule has 776 valence electrons. The monoisotopic (exact) mass is 2130 g/mol. The number of fused-ring (bicyclic) bond motifs is 12. The van der Waals surface area contributed by atoms with E-state index in [9.17, 15) is 0 Å². The van der Waals surface area contributed by atoms with Gasteiger partial charge < -0.3 is 29.7 Å². The molecule has 18 rings (SSSR count). The van der Waals surface area contributed by atoms with Gasteiger partial charge in [0.25, 0.3) is 0 Å². The Kier molecular flexibility index (Phi) is 44.3. The third-order valence-corrected chi connectivity index (χ3v) is 36.9. The summed E-state index contributed by atoms with van der Waals surface area (Å²) in [6.07, 6.45) is 88.8. The number of allylic oxidation sites excluding steroid dienone is 32.